The molecule has 0 aliphatic carbocycles. The van der Waals surface area contributed by atoms with Gasteiger partial charge in [-0.2, -0.15) is 0 Å². The number of sulfonamides is 1. The highest BCUT2D eigenvalue weighted by Crippen LogP contribution is 2.15. The van der Waals surface area contributed by atoms with Crippen molar-refractivity contribution in [1.29, 1.82) is 0 Å². The second-order valence-electron chi connectivity index (χ2n) is 6.26. The molecule has 6 nitrogen and oxygen atoms in total. The fraction of sp³-hybridized carbons (Fsp3) is 0.263. The molecule has 1 unspecified atom stereocenters. The Morgan fingerprint density at radius 3 is 2.29 bits per heavy atom. The Balaban J connectivity index is 1.91. The highest BCUT2D eigenvalue weighted by Gasteiger charge is 2.16. The smallest absolute Gasteiger partial charge is 0.240 e. The highest BCUT2D eigenvalue weighted by molar-refractivity contribution is 7.89. The molecule has 2 rings (SSSR count). The van der Waals surface area contributed by atoms with Crippen LogP contribution in [0.25, 0.3) is 0 Å². The Bertz CT molecular complexity index is 930. The molecule has 0 heterocycles. The molecule has 0 saturated carbocycles. The van der Waals surface area contributed by atoms with E-state index in [2.05, 4.69) is 15.4 Å². The number of carbonyl (C=O) groups is 1. The van der Waals surface area contributed by atoms with Crippen LogP contribution in [0.4, 0.5) is 5.69 Å². The van der Waals surface area contributed by atoms with Gasteiger partial charge in [0.05, 0.1) is 11.3 Å². The van der Waals surface area contributed by atoms with Gasteiger partial charge in [-0.05, 0) is 67.5 Å². The number of rotatable bonds is 7. The van der Waals surface area contributed by atoms with Crippen molar-refractivity contribution in [1.82, 2.24) is 10.0 Å². The van der Waals surface area contributed by atoms with Crippen molar-refractivity contribution in [3.8, 4) is 0 Å². The van der Waals surface area contributed by atoms with Gasteiger partial charge in [-0.25, -0.2) is 13.1 Å². The molecule has 28 heavy (non-hydrogen) atoms. The predicted molar refractivity (Wildman–Crippen MR) is 116 cm³/mol. The van der Waals surface area contributed by atoms with E-state index in [1.54, 1.807) is 43.3 Å². The van der Waals surface area contributed by atoms with Gasteiger partial charge >= 0.3 is 0 Å². The van der Waals surface area contributed by atoms with Gasteiger partial charge in [-0.3, -0.25) is 4.79 Å². The number of nitrogens with one attached hydrogen (secondary N) is 3. The number of hydrogen-bond acceptors (Lipinski definition) is 4. The van der Waals surface area contributed by atoms with E-state index < -0.39 is 10.0 Å². The minimum Gasteiger partial charge on any atom is -0.332 e. The van der Waals surface area contributed by atoms with Crippen molar-refractivity contribution in [3.63, 3.8) is 0 Å². The van der Waals surface area contributed by atoms with E-state index in [9.17, 15) is 13.2 Å². The van der Waals surface area contributed by atoms with Gasteiger partial charge in [-0.1, -0.05) is 30.7 Å². The molecule has 150 valence electrons. The third-order valence-electron chi connectivity index (χ3n) is 3.92. The van der Waals surface area contributed by atoms with Crippen LogP contribution in [-0.4, -0.2) is 25.5 Å². The van der Waals surface area contributed by atoms with Crippen LogP contribution in [0.3, 0.4) is 0 Å². The van der Waals surface area contributed by atoms with Crippen molar-refractivity contribution in [2.75, 3.05) is 5.32 Å². The number of halogens is 1. The summed E-state index contributed by atoms with van der Waals surface area (Å²) in [6.45, 7) is 3.71. The molecule has 1 amide bonds. The zero-order valence-electron chi connectivity index (χ0n) is 15.5. The monoisotopic (exact) mass is 439 g/mol. The van der Waals surface area contributed by atoms with Gasteiger partial charge < -0.3 is 10.6 Å². The maximum absolute atomic E-state index is 12.3. The summed E-state index contributed by atoms with van der Waals surface area (Å²) in [5, 5.41) is 6.18. The SMILES string of the molecule is CCC(C)NS(=O)(=O)c1ccc(NC(=S)NC(=O)Cc2ccc(Cl)cc2)cc1. The maximum Gasteiger partial charge on any atom is 0.240 e. The van der Waals surface area contributed by atoms with Crippen LogP contribution in [-0.2, 0) is 21.2 Å². The van der Waals surface area contributed by atoms with Gasteiger partial charge in [0.25, 0.3) is 0 Å². The lowest BCUT2D eigenvalue weighted by molar-refractivity contribution is -0.119. The summed E-state index contributed by atoms with van der Waals surface area (Å²) in [6, 6.07) is 12.9. The van der Waals surface area contributed by atoms with Crippen molar-refractivity contribution in [2.24, 2.45) is 0 Å². The van der Waals surface area contributed by atoms with Crippen LogP contribution in [0.15, 0.2) is 53.4 Å². The van der Waals surface area contributed by atoms with Crippen molar-refractivity contribution in [2.45, 2.75) is 37.6 Å². The number of thiocarbonyl (C=S) groups is 1. The quantitative estimate of drug-likeness (QED) is 0.575. The molecule has 0 bridgehead atoms. The number of amides is 1. The van der Waals surface area contributed by atoms with E-state index in [1.807, 2.05) is 6.92 Å². The molecule has 0 spiro atoms. The van der Waals surface area contributed by atoms with Gasteiger partial charge in [0.1, 0.15) is 0 Å². The van der Waals surface area contributed by atoms with E-state index in [0.717, 1.165) is 5.56 Å². The van der Waals surface area contributed by atoms with Gasteiger partial charge in [-0.15, -0.1) is 0 Å². The van der Waals surface area contributed by atoms with Crippen LogP contribution < -0.4 is 15.4 Å². The van der Waals surface area contributed by atoms with Gasteiger partial charge in [0, 0.05) is 16.8 Å². The molecule has 0 aliphatic rings. The lowest BCUT2D eigenvalue weighted by Crippen LogP contribution is -2.35. The molecule has 0 radical (unpaired) electrons. The number of carbonyl (C=O) groups excluding carboxylic acids is 1. The zero-order chi connectivity index (χ0) is 20.7. The largest absolute Gasteiger partial charge is 0.332 e. The van der Waals surface area contributed by atoms with Crippen molar-refractivity contribution < 1.29 is 13.2 Å². The number of benzene rings is 2. The molecule has 0 saturated heterocycles. The summed E-state index contributed by atoms with van der Waals surface area (Å²) in [6.07, 6.45) is 0.861. The molecular weight excluding hydrogens is 418 g/mol. The molecule has 2 aromatic carbocycles. The normalized spacial score (nSPS) is 12.2. The molecule has 2 aromatic rings. The van der Waals surface area contributed by atoms with Crippen LogP contribution in [0, 0.1) is 0 Å². The zero-order valence-corrected chi connectivity index (χ0v) is 17.9. The first-order chi connectivity index (χ1) is 13.2. The number of hydrogen-bond donors (Lipinski definition) is 3. The summed E-state index contributed by atoms with van der Waals surface area (Å²) in [7, 11) is -3.56. The highest BCUT2D eigenvalue weighted by atomic mass is 35.5. The van der Waals surface area contributed by atoms with E-state index in [1.165, 1.54) is 12.1 Å². The van der Waals surface area contributed by atoms with Crippen LogP contribution >= 0.6 is 23.8 Å². The van der Waals surface area contributed by atoms with Crippen LogP contribution in [0.1, 0.15) is 25.8 Å². The lowest BCUT2D eigenvalue weighted by atomic mass is 10.1. The van der Waals surface area contributed by atoms with E-state index in [-0.39, 0.29) is 28.4 Å². The Labute approximate surface area is 175 Å². The molecule has 3 N–H and O–H groups in total. The van der Waals surface area contributed by atoms with Crippen molar-refractivity contribution >= 4 is 50.5 Å². The lowest BCUT2D eigenvalue weighted by Gasteiger charge is -2.13. The second-order valence-corrected chi connectivity index (χ2v) is 8.82. The van der Waals surface area contributed by atoms with E-state index in [4.69, 9.17) is 23.8 Å². The van der Waals surface area contributed by atoms with E-state index >= 15 is 0 Å². The molecular formula is C19H22ClN3O3S2. The van der Waals surface area contributed by atoms with Crippen LogP contribution in [0.2, 0.25) is 5.02 Å². The first kappa shape index (κ1) is 22.3. The predicted octanol–water partition coefficient (Wildman–Crippen LogP) is 3.47. The number of anilines is 1. The average molecular weight is 440 g/mol. The fourth-order valence-electron chi connectivity index (χ4n) is 2.25. The molecule has 9 heteroatoms. The Kier molecular flexibility index (Phi) is 7.94. The summed E-state index contributed by atoms with van der Waals surface area (Å²) >= 11 is 11.0. The van der Waals surface area contributed by atoms with E-state index in [0.29, 0.717) is 17.1 Å². The maximum atomic E-state index is 12.3. The van der Waals surface area contributed by atoms with Crippen molar-refractivity contribution in [3.05, 3.63) is 59.1 Å². The Morgan fingerprint density at radius 1 is 1.11 bits per heavy atom. The van der Waals surface area contributed by atoms with Crippen LogP contribution in [0.5, 0.6) is 0 Å². The Hall–Kier alpha value is -2.00. The molecule has 0 aliphatic heterocycles. The summed E-state index contributed by atoms with van der Waals surface area (Å²) < 4.78 is 27.1. The molecule has 0 fully saturated rings. The first-order valence-electron chi connectivity index (χ1n) is 8.67. The average Bonchev–Trinajstić information content (AvgIpc) is 2.63. The minimum atomic E-state index is -3.56. The summed E-state index contributed by atoms with van der Waals surface area (Å²) in [4.78, 5) is 12.2. The fourth-order valence-corrected chi connectivity index (χ4v) is 3.94. The third kappa shape index (κ3) is 6.87. The topological polar surface area (TPSA) is 87.3 Å². The summed E-state index contributed by atoms with van der Waals surface area (Å²) in [5.41, 5.74) is 1.38. The Morgan fingerprint density at radius 2 is 1.71 bits per heavy atom. The van der Waals surface area contributed by atoms with Gasteiger partial charge in [0.2, 0.25) is 15.9 Å². The standard InChI is InChI=1S/C19H22ClN3O3S2/c1-3-13(2)23-28(25,26)17-10-8-16(9-11-17)21-19(27)22-18(24)12-14-4-6-15(20)7-5-14/h4-11,13,23H,3,12H2,1-2H3,(H2,21,22,24,27). The third-order valence-corrected chi connectivity index (χ3v) is 5.98. The first-order valence-corrected chi connectivity index (χ1v) is 10.9. The molecule has 1 atom stereocenters. The second kappa shape index (κ2) is 9.97. The summed E-state index contributed by atoms with van der Waals surface area (Å²) in [5.74, 6) is -0.267. The van der Waals surface area contributed by atoms with Gasteiger partial charge in [0.15, 0.2) is 5.11 Å². The molecule has 0 aromatic heterocycles. The minimum absolute atomic E-state index is 0.132.